The molecule has 0 saturated heterocycles. The number of carbonyl (C=O) groups excluding carboxylic acids is 1. The highest BCUT2D eigenvalue weighted by molar-refractivity contribution is 5.93. The number of rotatable bonds is 3. The summed E-state index contributed by atoms with van der Waals surface area (Å²) in [5.41, 5.74) is 0.628. The van der Waals surface area contributed by atoms with Crippen LogP contribution >= 0.6 is 0 Å². The van der Waals surface area contributed by atoms with Gasteiger partial charge in [0, 0.05) is 25.0 Å². The maximum Gasteiger partial charge on any atom is 0.276 e. The van der Waals surface area contributed by atoms with E-state index in [1.54, 1.807) is 11.1 Å². The van der Waals surface area contributed by atoms with Gasteiger partial charge in [0.1, 0.15) is 23.1 Å². The van der Waals surface area contributed by atoms with Crippen molar-refractivity contribution in [2.75, 3.05) is 6.54 Å². The number of nitriles is 1. The molecule has 0 N–H and O–H groups in total. The second-order valence-electron chi connectivity index (χ2n) is 4.52. The first-order valence-corrected chi connectivity index (χ1v) is 6.16. The summed E-state index contributed by atoms with van der Waals surface area (Å²) in [6.07, 6.45) is 5.87. The number of carbonyl (C=O) groups is 1. The fourth-order valence-electron chi connectivity index (χ4n) is 1.80. The Morgan fingerprint density at radius 3 is 2.95 bits per heavy atom. The maximum atomic E-state index is 12.2. The van der Waals surface area contributed by atoms with Crippen LogP contribution < -0.4 is 4.74 Å². The predicted molar refractivity (Wildman–Crippen MR) is 69.5 cm³/mol. The lowest BCUT2D eigenvalue weighted by molar-refractivity contribution is 0.0826. The Kier molecular flexibility index (Phi) is 3.81. The van der Waals surface area contributed by atoms with Gasteiger partial charge in [0.25, 0.3) is 5.91 Å². The molecule has 0 aromatic carbocycles. The van der Waals surface area contributed by atoms with Crippen molar-refractivity contribution in [3.63, 3.8) is 0 Å². The summed E-state index contributed by atoms with van der Waals surface area (Å²) in [4.78, 5) is 17.8. The van der Waals surface area contributed by atoms with Gasteiger partial charge < -0.3 is 9.64 Å². The van der Waals surface area contributed by atoms with E-state index in [1.165, 1.54) is 12.3 Å². The summed E-state index contributed by atoms with van der Waals surface area (Å²) < 4.78 is 5.54. The van der Waals surface area contributed by atoms with Gasteiger partial charge in [0.05, 0.1) is 6.10 Å². The molecular formula is C14H15N3O2. The first kappa shape index (κ1) is 13.1. The first-order chi connectivity index (χ1) is 9.11. The number of amides is 1. The van der Waals surface area contributed by atoms with Gasteiger partial charge in [-0.1, -0.05) is 6.08 Å². The van der Waals surface area contributed by atoms with E-state index in [1.807, 2.05) is 26.0 Å². The molecular weight excluding hydrogens is 242 g/mol. The standard InChI is InChI=1S/C14H15N3O2/c1-10(2)19-13-7-12(16-9-11(13)8-15)14(18)17-5-3-4-6-17/h3,5,7,9-10H,4,6H2,1-2H3. The zero-order valence-electron chi connectivity index (χ0n) is 11.0. The van der Waals surface area contributed by atoms with Gasteiger partial charge in [-0.2, -0.15) is 5.26 Å². The van der Waals surface area contributed by atoms with E-state index in [9.17, 15) is 4.79 Å². The Morgan fingerprint density at radius 1 is 1.58 bits per heavy atom. The second-order valence-corrected chi connectivity index (χ2v) is 4.52. The molecule has 98 valence electrons. The van der Waals surface area contributed by atoms with Crippen molar-refractivity contribution in [1.82, 2.24) is 9.88 Å². The molecule has 0 bridgehead atoms. The van der Waals surface area contributed by atoms with E-state index in [-0.39, 0.29) is 12.0 Å². The fraction of sp³-hybridized carbons (Fsp3) is 0.357. The van der Waals surface area contributed by atoms with E-state index in [4.69, 9.17) is 10.00 Å². The Balaban J connectivity index is 2.29. The van der Waals surface area contributed by atoms with Crippen LogP contribution in [0, 0.1) is 11.3 Å². The SMILES string of the molecule is CC(C)Oc1cc(C(=O)N2C=CCC2)ncc1C#N. The van der Waals surface area contributed by atoms with Gasteiger partial charge in [-0.05, 0) is 20.3 Å². The summed E-state index contributed by atoms with van der Waals surface area (Å²) in [5, 5.41) is 9.00. The highest BCUT2D eigenvalue weighted by atomic mass is 16.5. The number of aromatic nitrogens is 1. The molecule has 0 radical (unpaired) electrons. The minimum Gasteiger partial charge on any atom is -0.489 e. The molecule has 0 spiro atoms. The van der Waals surface area contributed by atoms with Crippen molar-refractivity contribution in [1.29, 1.82) is 5.26 Å². The van der Waals surface area contributed by atoms with Crippen molar-refractivity contribution in [3.8, 4) is 11.8 Å². The van der Waals surface area contributed by atoms with Gasteiger partial charge in [0.2, 0.25) is 0 Å². The van der Waals surface area contributed by atoms with E-state index < -0.39 is 0 Å². The maximum absolute atomic E-state index is 12.2. The molecule has 1 amide bonds. The second kappa shape index (κ2) is 5.53. The van der Waals surface area contributed by atoms with Crippen LogP contribution in [0.15, 0.2) is 24.5 Å². The Hall–Kier alpha value is -2.35. The van der Waals surface area contributed by atoms with Crippen LogP contribution in [-0.2, 0) is 0 Å². The van der Waals surface area contributed by atoms with Gasteiger partial charge in [-0.3, -0.25) is 4.79 Å². The van der Waals surface area contributed by atoms with E-state index in [0.29, 0.717) is 23.6 Å². The average molecular weight is 257 g/mol. The minimum absolute atomic E-state index is 0.0656. The van der Waals surface area contributed by atoms with Crippen molar-refractivity contribution in [2.45, 2.75) is 26.4 Å². The van der Waals surface area contributed by atoms with Gasteiger partial charge >= 0.3 is 0 Å². The first-order valence-electron chi connectivity index (χ1n) is 6.16. The Labute approximate surface area is 112 Å². The highest BCUT2D eigenvalue weighted by Gasteiger charge is 2.19. The lowest BCUT2D eigenvalue weighted by atomic mass is 10.2. The molecule has 0 atom stereocenters. The van der Waals surface area contributed by atoms with Crippen LogP contribution in [0.1, 0.15) is 36.3 Å². The molecule has 5 heteroatoms. The zero-order chi connectivity index (χ0) is 13.8. The van der Waals surface area contributed by atoms with Crippen molar-refractivity contribution < 1.29 is 9.53 Å². The van der Waals surface area contributed by atoms with Crippen LogP contribution in [0.25, 0.3) is 0 Å². The molecule has 19 heavy (non-hydrogen) atoms. The molecule has 2 heterocycles. The average Bonchev–Trinajstić information content (AvgIpc) is 2.91. The number of ether oxygens (including phenoxy) is 1. The molecule has 0 unspecified atom stereocenters. The fourth-order valence-corrected chi connectivity index (χ4v) is 1.80. The molecule has 1 aromatic rings. The van der Waals surface area contributed by atoms with Crippen LogP contribution in [0.3, 0.4) is 0 Å². The minimum atomic E-state index is -0.174. The summed E-state index contributed by atoms with van der Waals surface area (Å²) in [5.74, 6) is 0.228. The van der Waals surface area contributed by atoms with Gasteiger partial charge in [-0.25, -0.2) is 4.98 Å². The highest BCUT2D eigenvalue weighted by Crippen LogP contribution is 2.21. The molecule has 2 rings (SSSR count). The summed E-state index contributed by atoms with van der Waals surface area (Å²) in [6, 6.07) is 3.54. The molecule has 1 aliphatic rings. The van der Waals surface area contributed by atoms with Crippen molar-refractivity contribution in [2.24, 2.45) is 0 Å². The van der Waals surface area contributed by atoms with Crippen molar-refractivity contribution in [3.05, 3.63) is 35.8 Å². The Morgan fingerprint density at radius 2 is 2.37 bits per heavy atom. The van der Waals surface area contributed by atoms with Gasteiger partial charge in [0.15, 0.2) is 0 Å². The number of hydrogen-bond donors (Lipinski definition) is 0. The summed E-state index contributed by atoms with van der Waals surface area (Å²) in [7, 11) is 0. The third-order valence-electron chi connectivity index (χ3n) is 2.65. The topological polar surface area (TPSA) is 66.2 Å². The largest absolute Gasteiger partial charge is 0.489 e. The molecule has 5 nitrogen and oxygen atoms in total. The third kappa shape index (κ3) is 2.91. The Bertz CT molecular complexity index is 558. The molecule has 1 aromatic heterocycles. The lowest BCUT2D eigenvalue weighted by Gasteiger charge is -2.15. The van der Waals surface area contributed by atoms with E-state index >= 15 is 0 Å². The van der Waals surface area contributed by atoms with E-state index in [2.05, 4.69) is 4.98 Å². The smallest absolute Gasteiger partial charge is 0.276 e. The van der Waals surface area contributed by atoms with Crippen LogP contribution in [0.2, 0.25) is 0 Å². The number of hydrogen-bond acceptors (Lipinski definition) is 4. The quantitative estimate of drug-likeness (QED) is 0.831. The normalized spacial score (nSPS) is 13.7. The molecule has 1 aliphatic heterocycles. The number of nitrogens with zero attached hydrogens (tertiary/aromatic N) is 3. The molecule has 0 saturated carbocycles. The van der Waals surface area contributed by atoms with Crippen molar-refractivity contribution >= 4 is 5.91 Å². The zero-order valence-corrected chi connectivity index (χ0v) is 11.0. The molecule has 0 fully saturated rings. The number of pyridine rings is 1. The molecule has 0 aliphatic carbocycles. The third-order valence-corrected chi connectivity index (χ3v) is 2.65. The summed E-state index contributed by atoms with van der Waals surface area (Å²) >= 11 is 0. The van der Waals surface area contributed by atoms with E-state index in [0.717, 1.165) is 6.42 Å². The van der Waals surface area contributed by atoms with Gasteiger partial charge in [-0.15, -0.1) is 0 Å². The van der Waals surface area contributed by atoms with Crippen LogP contribution in [-0.4, -0.2) is 28.4 Å². The van der Waals surface area contributed by atoms with Crippen LogP contribution in [0.4, 0.5) is 0 Å². The summed E-state index contributed by atoms with van der Waals surface area (Å²) in [6.45, 7) is 4.40. The van der Waals surface area contributed by atoms with Crippen LogP contribution in [0.5, 0.6) is 5.75 Å². The predicted octanol–water partition coefficient (Wildman–Crippen LogP) is 2.10. The monoisotopic (exact) mass is 257 g/mol. The lowest BCUT2D eigenvalue weighted by Crippen LogP contribution is -2.24.